The van der Waals surface area contributed by atoms with Crippen molar-refractivity contribution < 1.29 is 0 Å². The van der Waals surface area contributed by atoms with Gasteiger partial charge in [-0.2, -0.15) is 9.61 Å². The van der Waals surface area contributed by atoms with Gasteiger partial charge in [0.05, 0.1) is 5.69 Å². The molecule has 0 aliphatic rings. The summed E-state index contributed by atoms with van der Waals surface area (Å²) < 4.78 is 2.31. The lowest BCUT2D eigenvalue weighted by molar-refractivity contribution is 0.780. The molecule has 4 rings (SSSR count). The molecule has 0 spiro atoms. The average molecular weight is 462 g/mol. The van der Waals surface area contributed by atoms with E-state index < -0.39 is 0 Å². The number of aromatic nitrogens is 4. The van der Waals surface area contributed by atoms with Gasteiger partial charge in [0.2, 0.25) is 0 Å². The third-order valence-corrected chi connectivity index (χ3v) is 5.76. The van der Waals surface area contributed by atoms with Crippen LogP contribution in [0, 0.1) is 6.92 Å². The highest BCUT2D eigenvalue weighted by Crippen LogP contribution is 2.29. The van der Waals surface area contributed by atoms with E-state index in [2.05, 4.69) is 31.0 Å². The lowest BCUT2D eigenvalue weighted by atomic mass is 10.1. The van der Waals surface area contributed by atoms with Gasteiger partial charge in [-0.3, -0.25) is 4.98 Å². The summed E-state index contributed by atoms with van der Waals surface area (Å²) in [4.78, 5) is 19.9. The Balaban J connectivity index is 1.74. The van der Waals surface area contributed by atoms with E-state index in [1.165, 1.54) is 16.3 Å². The van der Waals surface area contributed by atoms with Gasteiger partial charge in [-0.1, -0.05) is 63.6 Å². The highest BCUT2D eigenvalue weighted by atomic mass is 79.9. The van der Waals surface area contributed by atoms with Gasteiger partial charge < -0.3 is 0 Å². The van der Waals surface area contributed by atoms with Crippen molar-refractivity contribution in [3.63, 3.8) is 0 Å². The standard InChI is InChI=1S/C19H14BrClN4OS/c1-11-16(13-5-7-14(20)8-6-13)17-22-18(23-19(26)25(17)24-11)27-10-12-3-2-4-15(21)9-12/h2-9H,10H2,1H3,(H,22,23,26). The normalized spacial score (nSPS) is 11.2. The van der Waals surface area contributed by atoms with Crippen LogP contribution in [-0.4, -0.2) is 19.6 Å². The summed E-state index contributed by atoms with van der Waals surface area (Å²) >= 11 is 10.9. The van der Waals surface area contributed by atoms with Gasteiger partial charge in [-0.25, -0.2) is 9.78 Å². The molecule has 2 aromatic carbocycles. The second-order valence-electron chi connectivity index (χ2n) is 5.97. The largest absolute Gasteiger partial charge is 0.350 e. The molecular formula is C19H14BrClN4OS. The van der Waals surface area contributed by atoms with E-state index in [0.717, 1.165) is 26.9 Å². The molecule has 0 saturated carbocycles. The maximum Gasteiger partial charge on any atom is 0.350 e. The van der Waals surface area contributed by atoms with Gasteiger partial charge in [0.1, 0.15) is 0 Å². The van der Waals surface area contributed by atoms with E-state index in [4.69, 9.17) is 11.6 Å². The van der Waals surface area contributed by atoms with Crippen LogP contribution in [0.5, 0.6) is 0 Å². The molecule has 0 atom stereocenters. The van der Waals surface area contributed by atoms with Crippen molar-refractivity contribution in [3.8, 4) is 11.1 Å². The molecule has 0 saturated heterocycles. The number of hydrogen-bond acceptors (Lipinski definition) is 4. The predicted octanol–water partition coefficient (Wildman–Crippen LogP) is 5.10. The number of thioether (sulfide) groups is 1. The van der Waals surface area contributed by atoms with Crippen LogP contribution < -0.4 is 5.69 Å². The van der Waals surface area contributed by atoms with Crippen LogP contribution in [0.3, 0.4) is 0 Å². The minimum atomic E-state index is -0.306. The third kappa shape index (κ3) is 3.81. The molecular weight excluding hydrogens is 448 g/mol. The topological polar surface area (TPSA) is 63.1 Å². The van der Waals surface area contributed by atoms with Crippen LogP contribution in [0.1, 0.15) is 11.3 Å². The van der Waals surface area contributed by atoms with E-state index in [-0.39, 0.29) is 5.69 Å². The van der Waals surface area contributed by atoms with E-state index in [1.54, 1.807) is 0 Å². The Morgan fingerprint density at radius 3 is 2.74 bits per heavy atom. The van der Waals surface area contributed by atoms with Crippen LogP contribution in [0.4, 0.5) is 0 Å². The first-order valence-corrected chi connectivity index (χ1v) is 10.3. The van der Waals surface area contributed by atoms with Gasteiger partial charge >= 0.3 is 5.69 Å². The Labute approximate surface area is 172 Å². The Kier molecular flexibility index (Phi) is 5.08. The fourth-order valence-corrected chi connectivity index (χ4v) is 4.10. The second kappa shape index (κ2) is 7.50. The molecule has 0 aliphatic heterocycles. The van der Waals surface area contributed by atoms with Crippen LogP contribution in [0.2, 0.25) is 5.02 Å². The number of fused-ring (bicyclic) bond motifs is 1. The number of nitrogens with one attached hydrogen (secondary N) is 1. The molecule has 0 amide bonds. The van der Waals surface area contributed by atoms with Crippen LogP contribution >= 0.6 is 39.3 Å². The molecule has 1 N–H and O–H groups in total. The first-order chi connectivity index (χ1) is 13.0. The second-order valence-corrected chi connectivity index (χ2v) is 8.28. The van der Waals surface area contributed by atoms with E-state index in [1.807, 2.05) is 55.5 Å². The zero-order chi connectivity index (χ0) is 19.0. The number of hydrogen-bond donors (Lipinski definition) is 1. The Hall–Kier alpha value is -2.09. The van der Waals surface area contributed by atoms with Crippen molar-refractivity contribution in [3.05, 3.63) is 79.8 Å². The molecule has 0 unspecified atom stereocenters. The van der Waals surface area contributed by atoms with Crippen LogP contribution in [0.25, 0.3) is 16.8 Å². The molecule has 2 aromatic heterocycles. The number of halogens is 2. The maximum atomic E-state index is 12.5. The number of H-pyrrole nitrogens is 1. The van der Waals surface area contributed by atoms with Crippen molar-refractivity contribution >= 4 is 44.9 Å². The fourth-order valence-electron chi connectivity index (χ4n) is 2.83. The van der Waals surface area contributed by atoms with Crippen molar-refractivity contribution in [1.82, 2.24) is 19.6 Å². The van der Waals surface area contributed by atoms with Crippen molar-refractivity contribution in [1.29, 1.82) is 0 Å². The van der Waals surface area contributed by atoms with Gasteiger partial charge in [0.15, 0.2) is 10.8 Å². The molecule has 136 valence electrons. The summed E-state index contributed by atoms with van der Waals surface area (Å²) in [6.07, 6.45) is 0. The van der Waals surface area contributed by atoms with Crippen molar-refractivity contribution in [2.45, 2.75) is 17.8 Å². The third-order valence-electron chi connectivity index (χ3n) is 4.05. The quantitative estimate of drug-likeness (QED) is 0.429. The van der Waals surface area contributed by atoms with Gasteiger partial charge in [0, 0.05) is 20.8 Å². The number of aromatic amines is 1. The monoisotopic (exact) mass is 460 g/mol. The molecule has 27 heavy (non-hydrogen) atoms. The SMILES string of the molecule is Cc1nn2c(=O)[nH]c(SCc3cccc(Cl)c3)nc2c1-c1ccc(Br)cc1. The molecule has 0 aliphatic carbocycles. The summed E-state index contributed by atoms with van der Waals surface area (Å²) in [5.41, 5.74) is 3.89. The van der Waals surface area contributed by atoms with Gasteiger partial charge in [-0.05, 0) is 42.3 Å². The van der Waals surface area contributed by atoms with E-state index in [9.17, 15) is 4.79 Å². The number of aryl methyl sites for hydroxylation is 1. The molecule has 0 fully saturated rings. The van der Waals surface area contributed by atoms with E-state index in [0.29, 0.717) is 21.6 Å². The summed E-state index contributed by atoms with van der Waals surface area (Å²) in [6.45, 7) is 1.88. The predicted molar refractivity (Wildman–Crippen MR) is 112 cm³/mol. The van der Waals surface area contributed by atoms with Crippen LogP contribution in [0.15, 0.2) is 63.0 Å². The molecule has 0 bridgehead atoms. The summed E-state index contributed by atoms with van der Waals surface area (Å²) in [6, 6.07) is 15.5. The number of rotatable bonds is 4. The lowest BCUT2D eigenvalue weighted by Gasteiger charge is -2.04. The number of benzene rings is 2. The fraction of sp³-hybridized carbons (Fsp3) is 0.105. The molecule has 8 heteroatoms. The lowest BCUT2D eigenvalue weighted by Crippen LogP contribution is -2.19. The first kappa shape index (κ1) is 18.3. The smallest absolute Gasteiger partial charge is 0.285 e. The average Bonchev–Trinajstić information content (AvgIpc) is 2.98. The Morgan fingerprint density at radius 1 is 1.22 bits per heavy atom. The number of nitrogens with zero attached hydrogens (tertiary/aromatic N) is 3. The summed E-state index contributed by atoms with van der Waals surface area (Å²) in [7, 11) is 0. The van der Waals surface area contributed by atoms with Gasteiger partial charge in [0.25, 0.3) is 0 Å². The molecule has 5 nitrogen and oxygen atoms in total. The maximum absolute atomic E-state index is 12.5. The summed E-state index contributed by atoms with van der Waals surface area (Å²) in [5.74, 6) is 0.653. The zero-order valence-corrected chi connectivity index (χ0v) is 17.4. The molecule has 0 radical (unpaired) electrons. The highest BCUT2D eigenvalue weighted by molar-refractivity contribution is 9.10. The minimum absolute atomic E-state index is 0.306. The van der Waals surface area contributed by atoms with Crippen LogP contribution in [-0.2, 0) is 5.75 Å². The minimum Gasteiger partial charge on any atom is -0.285 e. The Morgan fingerprint density at radius 2 is 2.00 bits per heavy atom. The van der Waals surface area contributed by atoms with Gasteiger partial charge in [-0.15, -0.1) is 0 Å². The van der Waals surface area contributed by atoms with Crippen molar-refractivity contribution in [2.75, 3.05) is 0 Å². The van der Waals surface area contributed by atoms with Crippen molar-refractivity contribution in [2.24, 2.45) is 0 Å². The highest BCUT2D eigenvalue weighted by Gasteiger charge is 2.16. The Bertz CT molecular complexity index is 1190. The zero-order valence-electron chi connectivity index (χ0n) is 14.2. The molecule has 2 heterocycles. The molecule has 4 aromatic rings. The van der Waals surface area contributed by atoms with E-state index >= 15 is 0 Å². The first-order valence-electron chi connectivity index (χ1n) is 8.14. The summed E-state index contributed by atoms with van der Waals surface area (Å²) in [5, 5.41) is 5.59.